The van der Waals surface area contributed by atoms with E-state index >= 15 is 0 Å². The Labute approximate surface area is 136 Å². The van der Waals surface area contributed by atoms with E-state index < -0.39 is 11.6 Å². The van der Waals surface area contributed by atoms with E-state index in [1.165, 1.54) is 11.3 Å². The lowest BCUT2D eigenvalue weighted by atomic mass is 10.0. The molecule has 1 rings (SSSR count). The number of esters is 1. The van der Waals surface area contributed by atoms with Crippen molar-refractivity contribution in [2.24, 2.45) is 10.9 Å². The Balaban J connectivity index is 2.78. The molecule has 1 unspecified atom stereocenters. The number of nitrogens with zero attached hydrogens (tertiary/aromatic N) is 2. The third kappa shape index (κ3) is 7.13. The minimum atomic E-state index is -0.505. The molecule has 0 bridgehead atoms. The number of thiazole rings is 1. The lowest BCUT2D eigenvalue weighted by Gasteiger charge is -2.23. The number of rotatable bonds is 7. The second-order valence-electron chi connectivity index (χ2n) is 6.55. The molecule has 0 N–H and O–H groups in total. The molecule has 0 aromatic carbocycles. The normalized spacial score (nSPS) is 13.8. The van der Waals surface area contributed by atoms with Gasteiger partial charge in [0.05, 0.1) is 17.7 Å². The Morgan fingerprint density at radius 2 is 2.14 bits per heavy atom. The first-order valence-corrected chi connectivity index (χ1v) is 8.22. The number of carbonyl (C=O) groups excluding carboxylic acids is 1. The number of hydrogen-bond acceptors (Lipinski definition) is 6. The SMILES string of the molecule is COCc1cnc(/C=N/C(CC(C)C)C(=O)OC(C)(C)C)s1. The summed E-state index contributed by atoms with van der Waals surface area (Å²) in [7, 11) is 1.65. The van der Waals surface area contributed by atoms with Gasteiger partial charge < -0.3 is 9.47 Å². The van der Waals surface area contributed by atoms with Gasteiger partial charge in [0.25, 0.3) is 0 Å². The minimum Gasteiger partial charge on any atom is -0.458 e. The minimum absolute atomic E-state index is 0.286. The molecule has 0 amide bonds. The first-order valence-electron chi connectivity index (χ1n) is 7.41. The van der Waals surface area contributed by atoms with Crippen LogP contribution in [0.2, 0.25) is 0 Å². The second kappa shape index (κ2) is 8.39. The van der Waals surface area contributed by atoms with Crippen LogP contribution < -0.4 is 0 Å². The van der Waals surface area contributed by atoms with E-state index in [2.05, 4.69) is 23.8 Å². The standard InChI is InChI=1S/C16H26N2O3S/c1-11(2)7-13(15(19)21-16(3,4)5)17-9-14-18-8-12(22-14)10-20-6/h8-9,11,13H,7,10H2,1-6H3/b17-9+. The van der Waals surface area contributed by atoms with Crippen molar-refractivity contribution in [2.45, 2.75) is 59.3 Å². The maximum Gasteiger partial charge on any atom is 0.331 e. The van der Waals surface area contributed by atoms with Crippen molar-refractivity contribution in [3.8, 4) is 0 Å². The van der Waals surface area contributed by atoms with E-state index in [1.807, 2.05) is 20.8 Å². The molecule has 0 saturated heterocycles. The molecule has 0 fully saturated rings. The van der Waals surface area contributed by atoms with Crippen molar-refractivity contribution in [1.82, 2.24) is 4.98 Å². The average Bonchev–Trinajstić information content (AvgIpc) is 2.80. The Morgan fingerprint density at radius 3 is 2.68 bits per heavy atom. The molecule has 0 aliphatic carbocycles. The molecule has 0 saturated carbocycles. The summed E-state index contributed by atoms with van der Waals surface area (Å²) >= 11 is 1.51. The molecular formula is C16H26N2O3S. The van der Waals surface area contributed by atoms with Crippen LogP contribution in [0.4, 0.5) is 0 Å². The van der Waals surface area contributed by atoms with Crippen LogP contribution in [-0.4, -0.2) is 35.9 Å². The van der Waals surface area contributed by atoms with E-state index in [-0.39, 0.29) is 5.97 Å². The van der Waals surface area contributed by atoms with Crippen LogP contribution in [0, 0.1) is 5.92 Å². The Bertz CT molecular complexity index is 504. The highest BCUT2D eigenvalue weighted by atomic mass is 32.1. The van der Waals surface area contributed by atoms with E-state index in [4.69, 9.17) is 9.47 Å². The first-order chi connectivity index (χ1) is 10.2. The van der Waals surface area contributed by atoms with Crippen molar-refractivity contribution < 1.29 is 14.3 Å². The number of methoxy groups -OCH3 is 1. The molecule has 0 aliphatic rings. The Hall–Kier alpha value is -1.27. The largest absolute Gasteiger partial charge is 0.458 e. The zero-order valence-electron chi connectivity index (χ0n) is 14.3. The number of ether oxygens (including phenoxy) is 2. The summed E-state index contributed by atoms with van der Waals surface area (Å²) in [6.45, 7) is 10.2. The lowest BCUT2D eigenvalue weighted by molar-refractivity contribution is -0.156. The number of hydrogen-bond donors (Lipinski definition) is 0. The molecular weight excluding hydrogens is 300 g/mol. The highest BCUT2D eigenvalue weighted by Gasteiger charge is 2.25. The number of aromatic nitrogens is 1. The van der Waals surface area contributed by atoms with Gasteiger partial charge in [-0.25, -0.2) is 9.78 Å². The van der Waals surface area contributed by atoms with Crippen LogP contribution in [0.25, 0.3) is 0 Å². The summed E-state index contributed by atoms with van der Waals surface area (Å²) in [6, 6.07) is -0.492. The van der Waals surface area contributed by atoms with Crippen LogP contribution in [-0.2, 0) is 20.9 Å². The summed E-state index contributed by atoms with van der Waals surface area (Å²) in [4.78, 5) is 21.9. The highest BCUT2D eigenvalue weighted by molar-refractivity contribution is 7.13. The summed E-state index contributed by atoms with van der Waals surface area (Å²) in [5.41, 5.74) is -0.505. The highest BCUT2D eigenvalue weighted by Crippen LogP contribution is 2.16. The van der Waals surface area contributed by atoms with Gasteiger partial charge in [0, 0.05) is 13.3 Å². The molecule has 124 valence electrons. The maximum atomic E-state index is 12.3. The fourth-order valence-corrected chi connectivity index (χ4v) is 2.55. The summed E-state index contributed by atoms with van der Waals surface area (Å²) in [5, 5.41) is 0.768. The zero-order chi connectivity index (χ0) is 16.8. The van der Waals surface area contributed by atoms with Gasteiger partial charge in [0.1, 0.15) is 16.7 Å². The van der Waals surface area contributed by atoms with Gasteiger partial charge in [-0.2, -0.15) is 0 Å². The third-order valence-corrected chi connectivity index (χ3v) is 3.50. The Morgan fingerprint density at radius 1 is 1.45 bits per heavy atom. The van der Waals surface area contributed by atoms with E-state index in [0.29, 0.717) is 18.9 Å². The average molecular weight is 326 g/mol. The van der Waals surface area contributed by atoms with Gasteiger partial charge in [-0.1, -0.05) is 13.8 Å². The molecule has 22 heavy (non-hydrogen) atoms. The lowest BCUT2D eigenvalue weighted by Crippen LogP contribution is -2.31. The molecule has 1 heterocycles. The zero-order valence-corrected chi connectivity index (χ0v) is 15.1. The monoisotopic (exact) mass is 326 g/mol. The third-order valence-electron chi connectivity index (χ3n) is 2.60. The van der Waals surface area contributed by atoms with Gasteiger partial charge in [-0.15, -0.1) is 11.3 Å². The second-order valence-corrected chi connectivity index (χ2v) is 7.70. The van der Waals surface area contributed by atoms with Crippen LogP contribution in [0.1, 0.15) is 50.9 Å². The summed E-state index contributed by atoms with van der Waals surface area (Å²) in [5.74, 6) is 0.0705. The predicted octanol–water partition coefficient (Wildman–Crippen LogP) is 3.46. The fourth-order valence-electron chi connectivity index (χ4n) is 1.78. The Kier molecular flexibility index (Phi) is 7.16. The molecule has 1 aromatic rings. The van der Waals surface area contributed by atoms with Crippen molar-refractivity contribution in [2.75, 3.05) is 7.11 Å². The smallest absolute Gasteiger partial charge is 0.331 e. The number of aliphatic imine (C=N–C) groups is 1. The van der Waals surface area contributed by atoms with Crippen molar-refractivity contribution in [3.63, 3.8) is 0 Å². The van der Waals surface area contributed by atoms with Crippen molar-refractivity contribution >= 4 is 23.5 Å². The van der Waals surface area contributed by atoms with Crippen molar-refractivity contribution in [1.29, 1.82) is 0 Å². The van der Waals surface area contributed by atoms with Gasteiger partial charge in [0.2, 0.25) is 0 Å². The molecule has 5 nitrogen and oxygen atoms in total. The van der Waals surface area contributed by atoms with E-state index in [0.717, 1.165) is 9.88 Å². The molecule has 0 aliphatic heterocycles. The molecule has 0 radical (unpaired) electrons. The quantitative estimate of drug-likeness (QED) is 0.568. The maximum absolute atomic E-state index is 12.3. The predicted molar refractivity (Wildman–Crippen MR) is 89.5 cm³/mol. The van der Waals surface area contributed by atoms with Gasteiger partial charge in [-0.3, -0.25) is 4.99 Å². The van der Waals surface area contributed by atoms with Gasteiger partial charge in [0.15, 0.2) is 0 Å². The van der Waals surface area contributed by atoms with Crippen LogP contribution in [0.15, 0.2) is 11.2 Å². The summed E-state index contributed by atoms with van der Waals surface area (Å²) < 4.78 is 10.5. The topological polar surface area (TPSA) is 60.8 Å². The first kappa shape index (κ1) is 18.8. The molecule has 1 atom stereocenters. The number of carbonyl (C=O) groups is 1. The molecule has 0 spiro atoms. The molecule has 6 heteroatoms. The molecule has 1 aromatic heterocycles. The summed E-state index contributed by atoms with van der Waals surface area (Å²) in [6.07, 6.45) is 4.07. The fraction of sp³-hybridized carbons (Fsp3) is 0.688. The van der Waals surface area contributed by atoms with Crippen LogP contribution in [0.3, 0.4) is 0 Å². The van der Waals surface area contributed by atoms with E-state index in [1.54, 1.807) is 19.5 Å². The van der Waals surface area contributed by atoms with Crippen molar-refractivity contribution in [3.05, 3.63) is 16.1 Å². The van der Waals surface area contributed by atoms with Crippen LogP contribution in [0.5, 0.6) is 0 Å². The van der Waals surface area contributed by atoms with Crippen LogP contribution >= 0.6 is 11.3 Å². The van der Waals surface area contributed by atoms with Gasteiger partial charge in [-0.05, 0) is 33.1 Å². The van der Waals surface area contributed by atoms with E-state index in [9.17, 15) is 4.79 Å². The van der Waals surface area contributed by atoms with Gasteiger partial charge >= 0.3 is 5.97 Å².